The zero-order valence-corrected chi connectivity index (χ0v) is 5.33. The second-order valence-corrected chi connectivity index (χ2v) is 0.933. The first-order valence-electron chi connectivity index (χ1n) is 1.83. The van der Waals surface area contributed by atoms with Gasteiger partial charge >= 0.3 is 0 Å². The van der Waals surface area contributed by atoms with E-state index in [1.54, 1.807) is 0 Å². The number of hydrogen-bond donors (Lipinski definition) is 2. The lowest BCUT2D eigenvalue weighted by atomic mass is 10.7. The van der Waals surface area contributed by atoms with E-state index in [4.69, 9.17) is 5.73 Å². The fourth-order valence-corrected chi connectivity index (χ4v) is 0.156. The van der Waals surface area contributed by atoms with E-state index in [0.717, 1.165) is 0 Å². The van der Waals surface area contributed by atoms with E-state index in [2.05, 4.69) is 4.84 Å². The number of nitrogens with two attached hydrogens (primary N) is 1. The SMILES string of the molecule is CONC(=O)CN.Cl. The molecule has 0 aliphatic heterocycles. The highest BCUT2D eigenvalue weighted by atomic mass is 35.5. The first kappa shape index (κ1) is 10.6. The number of carbonyl (C=O) groups is 1. The van der Waals surface area contributed by atoms with Crippen molar-refractivity contribution in [2.45, 2.75) is 0 Å². The zero-order valence-electron chi connectivity index (χ0n) is 4.51. The lowest BCUT2D eigenvalue weighted by Crippen LogP contribution is -2.28. The van der Waals surface area contributed by atoms with Crippen molar-refractivity contribution in [3.63, 3.8) is 0 Å². The maximum atomic E-state index is 10.1. The molecule has 0 aromatic carbocycles. The van der Waals surface area contributed by atoms with Gasteiger partial charge in [0.15, 0.2) is 0 Å². The van der Waals surface area contributed by atoms with Gasteiger partial charge in [-0.05, 0) is 0 Å². The van der Waals surface area contributed by atoms with Crippen molar-refractivity contribution >= 4 is 18.3 Å². The van der Waals surface area contributed by atoms with Crippen LogP contribution in [0.3, 0.4) is 0 Å². The van der Waals surface area contributed by atoms with Crippen molar-refractivity contribution < 1.29 is 9.63 Å². The van der Waals surface area contributed by atoms with Crippen molar-refractivity contribution in [1.82, 2.24) is 5.48 Å². The molecule has 0 unspecified atom stereocenters. The summed E-state index contributed by atoms with van der Waals surface area (Å²) in [6.45, 7) is -0.0339. The molecule has 0 aliphatic rings. The van der Waals surface area contributed by atoms with Crippen molar-refractivity contribution in [2.24, 2.45) is 5.73 Å². The van der Waals surface area contributed by atoms with Crippen LogP contribution >= 0.6 is 12.4 Å². The van der Waals surface area contributed by atoms with Gasteiger partial charge in [0.05, 0.1) is 13.7 Å². The summed E-state index contributed by atoms with van der Waals surface area (Å²) in [4.78, 5) is 14.3. The predicted octanol–water partition coefficient (Wildman–Crippen LogP) is -0.956. The maximum absolute atomic E-state index is 10.1. The molecule has 0 saturated heterocycles. The van der Waals surface area contributed by atoms with Crippen LogP contribution < -0.4 is 11.2 Å². The molecule has 0 atom stereocenters. The molecule has 1 amide bonds. The Morgan fingerprint density at radius 1 is 1.88 bits per heavy atom. The molecule has 8 heavy (non-hydrogen) atoms. The predicted molar refractivity (Wildman–Crippen MR) is 31.5 cm³/mol. The summed E-state index contributed by atoms with van der Waals surface area (Å²) < 4.78 is 0. The van der Waals surface area contributed by atoms with Gasteiger partial charge in [-0.2, -0.15) is 0 Å². The van der Waals surface area contributed by atoms with Crippen LogP contribution in [0, 0.1) is 0 Å². The fraction of sp³-hybridized carbons (Fsp3) is 0.667. The standard InChI is InChI=1S/C3H8N2O2.ClH/c1-7-5-3(6)2-4;/h2,4H2,1H3,(H,5,6);1H. The highest BCUT2D eigenvalue weighted by Crippen LogP contribution is 1.54. The summed E-state index contributed by atoms with van der Waals surface area (Å²) in [7, 11) is 1.35. The number of rotatable bonds is 2. The summed E-state index contributed by atoms with van der Waals surface area (Å²) in [6.07, 6.45) is 0. The van der Waals surface area contributed by atoms with Gasteiger partial charge in [-0.1, -0.05) is 0 Å². The Hall–Kier alpha value is -0.320. The number of hydrogen-bond acceptors (Lipinski definition) is 3. The van der Waals surface area contributed by atoms with Gasteiger partial charge in [-0.3, -0.25) is 9.63 Å². The zero-order chi connectivity index (χ0) is 5.70. The third-order valence-corrected chi connectivity index (χ3v) is 0.401. The fourth-order valence-electron chi connectivity index (χ4n) is 0.156. The van der Waals surface area contributed by atoms with E-state index in [0.29, 0.717) is 0 Å². The average Bonchev–Trinajstić information content (AvgIpc) is 1.68. The van der Waals surface area contributed by atoms with Gasteiger partial charge in [-0.15, -0.1) is 12.4 Å². The number of carbonyl (C=O) groups excluding carboxylic acids is 1. The lowest BCUT2D eigenvalue weighted by Gasteiger charge is -1.94. The quantitative estimate of drug-likeness (QED) is 0.486. The average molecular weight is 141 g/mol. The first-order chi connectivity index (χ1) is 3.31. The molecule has 0 heterocycles. The minimum atomic E-state index is -0.317. The maximum Gasteiger partial charge on any atom is 0.257 e. The molecule has 3 N–H and O–H groups in total. The highest BCUT2D eigenvalue weighted by Gasteiger charge is 1.89. The highest BCUT2D eigenvalue weighted by molar-refractivity contribution is 5.85. The molecule has 4 nitrogen and oxygen atoms in total. The van der Waals surface area contributed by atoms with E-state index >= 15 is 0 Å². The first-order valence-corrected chi connectivity index (χ1v) is 1.83. The minimum Gasteiger partial charge on any atom is -0.322 e. The van der Waals surface area contributed by atoms with E-state index in [9.17, 15) is 4.79 Å². The third-order valence-electron chi connectivity index (χ3n) is 0.401. The summed E-state index contributed by atoms with van der Waals surface area (Å²) in [6, 6.07) is 0. The Morgan fingerprint density at radius 2 is 2.38 bits per heavy atom. The second-order valence-electron chi connectivity index (χ2n) is 0.933. The van der Waals surface area contributed by atoms with E-state index in [1.807, 2.05) is 5.48 Å². The summed E-state index contributed by atoms with van der Waals surface area (Å²) in [5.74, 6) is -0.317. The van der Waals surface area contributed by atoms with Crippen LogP contribution in [0.1, 0.15) is 0 Å². The molecular weight excluding hydrogens is 131 g/mol. The molecule has 5 heteroatoms. The molecular formula is C3H9ClN2O2. The number of amides is 1. The van der Waals surface area contributed by atoms with E-state index in [1.165, 1.54) is 7.11 Å². The molecule has 0 aliphatic carbocycles. The summed E-state index contributed by atoms with van der Waals surface area (Å²) in [5, 5.41) is 0. The van der Waals surface area contributed by atoms with Crippen LogP contribution in [0.2, 0.25) is 0 Å². The van der Waals surface area contributed by atoms with E-state index < -0.39 is 0 Å². The second kappa shape index (κ2) is 6.68. The molecule has 0 spiro atoms. The number of nitrogens with one attached hydrogen (secondary N) is 1. The monoisotopic (exact) mass is 140 g/mol. The van der Waals surface area contributed by atoms with Crippen LogP contribution in [-0.2, 0) is 9.63 Å². The Morgan fingerprint density at radius 3 is 2.50 bits per heavy atom. The van der Waals surface area contributed by atoms with Crippen molar-refractivity contribution in [3.8, 4) is 0 Å². The van der Waals surface area contributed by atoms with Crippen molar-refractivity contribution in [3.05, 3.63) is 0 Å². The molecule has 0 radical (unpaired) electrons. The van der Waals surface area contributed by atoms with Gasteiger partial charge in [-0.25, -0.2) is 5.48 Å². The molecule has 0 rings (SSSR count). The molecule has 0 bridgehead atoms. The molecule has 0 saturated carbocycles. The Balaban J connectivity index is 0. The van der Waals surface area contributed by atoms with Gasteiger partial charge in [0.25, 0.3) is 5.91 Å². The third kappa shape index (κ3) is 5.68. The Bertz CT molecular complexity index is 68.3. The van der Waals surface area contributed by atoms with Gasteiger partial charge in [0.2, 0.25) is 0 Å². The van der Waals surface area contributed by atoms with Crippen molar-refractivity contribution in [2.75, 3.05) is 13.7 Å². The van der Waals surface area contributed by atoms with Gasteiger partial charge in [0, 0.05) is 0 Å². The number of hydroxylamine groups is 1. The molecule has 0 aromatic heterocycles. The Kier molecular flexibility index (Phi) is 8.87. The van der Waals surface area contributed by atoms with Crippen LogP contribution in [-0.4, -0.2) is 19.6 Å². The van der Waals surface area contributed by atoms with Crippen LogP contribution in [0.15, 0.2) is 0 Å². The van der Waals surface area contributed by atoms with Crippen molar-refractivity contribution in [1.29, 1.82) is 0 Å². The van der Waals surface area contributed by atoms with Crippen LogP contribution in [0.5, 0.6) is 0 Å². The van der Waals surface area contributed by atoms with E-state index in [-0.39, 0.29) is 24.9 Å². The Labute approximate surface area is 53.7 Å². The van der Waals surface area contributed by atoms with Gasteiger partial charge in [0.1, 0.15) is 0 Å². The smallest absolute Gasteiger partial charge is 0.257 e. The molecule has 0 aromatic rings. The van der Waals surface area contributed by atoms with Crippen LogP contribution in [0.4, 0.5) is 0 Å². The molecule has 50 valence electrons. The molecule has 0 fully saturated rings. The lowest BCUT2D eigenvalue weighted by molar-refractivity contribution is -0.129. The largest absolute Gasteiger partial charge is 0.322 e. The minimum absolute atomic E-state index is 0. The normalized spacial score (nSPS) is 7.25. The summed E-state index contributed by atoms with van der Waals surface area (Å²) >= 11 is 0. The van der Waals surface area contributed by atoms with Crippen LogP contribution in [0.25, 0.3) is 0 Å². The summed E-state index contributed by atoms with van der Waals surface area (Å²) in [5.41, 5.74) is 6.90. The topological polar surface area (TPSA) is 64.3 Å². The number of halogens is 1. The van der Waals surface area contributed by atoms with Gasteiger partial charge < -0.3 is 5.73 Å².